The van der Waals surface area contributed by atoms with Crippen LogP contribution in [0.2, 0.25) is 0 Å². The van der Waals surface area contributed by atoms with E-state index in [0.717, 1.165) is 175 Å². The zero-order valence-corrected chi connectivity index (χ0v) is 73.1. The lowest BCUT2D eigenvalue weighted by Crippen LogP contribution is -2.26. The summed E-state index contributed by atoms with van der Waals surface area (Å²) in [7, 11) is 15.3. The number of carbonyl (C=O) groups is 1. The van der Waals surface area contributed by atoms with Crippen LogP contribution in [-0.4, -0.2) is 181 Å². The summed E-state index contributed by atoms with van der Waals surface area (Å²) < 4.78 is 71.4. The number of nitriles is 1. The van der Waals surface area contributed by atoms with E-state index in [9.17, 15) is 23.2 Å². The molecule has 34 heteroatoms. The number of methoxy groups -OCH3 is 4. The summed E-state index contributed by atoms with van der Waals surface area (Å²) >= 11 is 0. The molecule has 1 aliphatic heterocycles. The second kappa shape index (κ2) is 39.8. The second-order valence-corrected chi connectivity index (χ2v) is 31.4. The van der Waals surface area contributed by atoms with Crippen LogP contribution in [0.4, 0.5) is 58.7 Å². The number of hydrogen-bond acceptors (Lipinski definition) is 25. The van der Waals surface area contributed by atoms with Crippen molar-refractivity contribution >= 4 is 95.5 Å². The highest BCUT2D eigenvalue weighted by atomic mass is 19.1. The Morgan fingerprint density at radius 2 is 0.862 bits per heavy atom. The molecule has 130 heavy (non-hydrogen) atoms. The number of likely N-dealkylation sites (tertiary alicyclic amines) is 1. The quantitative estimate of drug-likeness (QED) is 0.0430. The average Bonchev–Trinajstić information content (AvgIpc) is 0.837. The van der Waals surface area contributed by atoms with Gasteiger partial charge in [-0.1, -0.05) is 0 Å². The number of nitrogens with zero attached hydrogens (tertiary/aromatic N) is 23. The van der Waals surface area contributed by atoms with E-state index in [1.54, 1.807) is 101 Å². The van der Waals surface area contributed by atoms with Crippen molar-refractivity contribution < 1.29 is 36.9 Å². The van der Waals surface area contributed by atoms with Gasteiger partial charge in [0.2, 0.25) is 0 Å². The summed E-state index contributed by atoms with van der Waals surface area (Å²) in [6, 6.07) is 45.4. The zero-order valence-electron chi connectivity index (χ0n) is 73.1. The smallest absolute Gasteiger partial charge is 0.251 e. The number of aryl methyl sites for hydroxylation is 4. The van der Waals surface area contributed by atoms with Crippen LogP contribution in [0, 0.1) is 40.6 Å². The first-order valence-electron chi connectivity index (χ1n) is 42.1. The molecule has 1 aliphatic carbocycles. The molecular weight excluding hydrogens is 1650 g/mol. The number of hydrogen-bond donors (Lipinski definition) is 3. The Labute approximate surface area is 747 Å². The summed E-state index contributed by atoms with van der Waals surface area (Å²) in [5.74, 6) is 2.31. The Bertz CT molecular complexity index is 6890. The topological polar surface area (TPSA) is 335 Å². The molecule has 0 radical (unpaired) electrons. The van der Waals surface area contributed by atoms with E-state index in [1.807, 2.05) is 161 Å². The summed E-state index contributed by atoms with van der Waals surface area (Å²) in [5.41, 5.74) is 25.3. The molecule has 2 aliphatic rings. The standard InChI is InChI=1S/C27H28FN7O.C24H23FN6O.C24H23N7O2.C21H21FN6O/c1-33-18-20(15-31-33)27-16-30-25-5-4-22(13-26(25)32-27)35(23-10-21(28)11-24(12-23)36-2)8-3-7-34-9-6-19(14-29)17-34;1-26-24(32)16-7-18(25)9-20(8-16)31(13-15-3-4-15)19-5-6-21-22(10-19)29-23(12-27-21)17-11-28-30(2)14-17;1-30-14-16(12-28-30)23-13-27-21-5-4-17(10-22(21)29-23)31(15-24-25-6-7-26-24)18-8-19(32-2)11-20(9-18)33-3;1-27-13-14(11-25-27)21-12-24-19-4-3-16(10-20(19)26-21)28(6-5-23)17-7-15(22)8-18(9-17)29-2/h4-5,10-13,15-16,18-19H,3,6-9,17H2,1-2H3;5-12,14-15H,3-4,13H2,1-2H3,(H,26,32);4-14H,15H2,1-3H3,(H,25,26);3-4,7-13H,5-6,23H2,1-2H3. The minimum Gasteiger partial charge on any atom is -0.497 e. The van der Waals surface area contributed by atoms with E-state index < -0.39 is 5.82 Å². The van der Waals surface area contributed by atoms with Gasteiger partial charge in [0.05, 0.1) is 163 Å². The van der Waals surface area contributed by atoms with Crippen LogP contribution in [0.3, 0.4) is 0 Å². The number of halogens is 3. The number of ether oxygens (including phenoxy) is 4. The van der Waals surface area contributed by atoms with Gasteiger partial charge >= 0.3 is 0 Å². The van der Waals surface area contributed by atoms with Crippen molar-refractivity contribution in [2.24, 2.45) is 45.8 Å². The number of benzene rings is 8. The van der Waals surface area contributed by atoms with Gasteiger partial charge < -0.3 is 59.5 Å². The molecular formula is C96H95F3N26O5. The molecule has 660 valence electrons. The van der Waals surface area contributed by atoms with Gasteiger partial charge in [0, 0.05) is 221 Å². The molecule has 19 rings (SSSR count). The van der Waals surface area contributed by atoms with Crippen LogP contribution in [-0.2, 0) is 34.7 Å². The first-order chi connectivity index (χ1) is 63.2. The Hall–Kier alpha value is -15.8. The molecule has 0 bridgehead atoms. The first kappa shape index (κ1) is 87.7. The summed E-state index contributed by atoms with van der Waals surface area (Å²) in [6.07, 6.45) is 29.3. The van der Waals surface area contributed by atoms with Crippen molar-refractivity contribution in [2.45, 2.75) is 32.2 Å². The summed E-state index contributed by atoms with van der Waals surface area (Å²) in [5, 5.41) is 28.6. The van der Waals surface area contributed by atoms with Crippen LogP contribution in [0.25, 0.3) is 89.2 Å². The van der Waals surface area contributed by atoms with Crippen molar-refractivity contribution in [1.82, 2.24) is 99.2 Å². The van der Waals surface area contributed by atoms with E-state index in [2.05, 4.69) is 81.3 Å². The molecule has 4 N–H and O–H groups in total. The molecule has 9 aromatic heterocycles. The highest BCUT2D eigenvalue weighted by molar-refractivity contribution is 5.95. The van der Waals surface area contributed by atoms with Crippen molar-refractivity contribution in [3.63, 3.8) is 0 Å². The molecule has 10 heterocycles. The molecule has 31 nitrogen and oxygen atoms in total. The van der Waals surface area contributed by atoms with Gasteiger partial charge in [0.25, 0.3) is 5.91 Å². The lowest BCUT2D eigenvalue weighted by Gasteiger charge is -2.27. The fraction of sp³-hybridized carbons (Fsp3) is 0.240. The highest BCUT2D eigenvalue weighted by Crippen LogP contribution is 2.41. The van der Waals surface area contributed by atoms with Crippen LogP contribution in [0.5, 0.6) is 23.0 Å². The van der Waals surface area contributed by atoms with E-state index in [1.165, 1.54) is 57.7 Å². The van der Waals surface area contributed by atoms with E-state index in [-0.39, 0.29) is 23.5 Å². The maximum absolute atomic E-state index is 14.5. The number of fused-ring (bicyclic) bond motifs is 4. The predicted octanol–water partition coefficient (Wildman–Crippen LogP) is 16.0. The summed E-state index contributed by atoms with van der Waals surface area (Å²) in [4.78, 5) is 67.7. The second-order valence-electron chi connectivity index (χ2n) is 31.4. The molecule has 0 spiro atoms. The fourth-order valence-electron chi connectivity index (χ4n) is 15.4. The van der Waals surface area contributed by atoms with Gasteiger partial charge in [0.15, 0.2) is 0 Å². The third kappa shape index (κ3) is 21.2. The third-order valence-electron chi connectivity index (χ3n) is 22.2. The highest BCUT2D eigenvalue weighted by Gasteiger charge is 2.28. The average molecular weight is 1750 g/mol. The molecule has 8 aromatic carbocycles. The van der Waals surface area contributed by atoms with Crippen molar-refractivity contribution in [3.8, 4) is 74.1 Å². The van der Waals surface area contributed by atoms with Gasteiger partial charge in [-0.15, -0.1) is 0 Å². The van der Waals surface area contributed by atoms with Gasteiger partial charge in [-0.05, 0) is 148 Å². The van der Waals surface area contributed by atoms with Gasteiger partial charge in [-0.3, -0.25) is 43.5 Å². The number of nitrogens with two attached hydrogens (primary N) is 1. The minimum atomic E-state index is -0.443. The first-order valence-corrected chi connectivity index (χ1v) is 42.1. The SMILES string of the molecule is CNC(=O)c1cc(F)cc(N(CC2CC2)c2ccc3ncc(-c4cnn(C)c4)nc3c2)c1.COc1cc(F)cc(N(CCCN2CCC(C#N)C2)c2ccc3ncc(-c4cnn(C)c4)nc3c2)c1.COc1cc(F)cc(N(CCN)c2ccc3ncc(-c4cnn(C)c4)nc3c2)c1.COc1cc(OC)cc(N(Cc2ncc[nH]2)c2ccc3ncc(-c4cnn(C)c4)nc3c2)c1. The number of aromatic nitrogens is 18. The van der Waals surface area contributed by atoms with E-state index >= 15 is 0 Å². The lowest BCUT2D eigenvalue weighted by molar-refractivity contribution is 0.0962. The van der Waals surface area contributed by atoms with Crippen LogP contribution in [0.1, 0.15) is 41.9 Å². The number of carbonyl (C=O) groups excluding carboxylic acids is 1. The summed E-state index contributed by atoms with van der Waals surface area (Å²) in [6.45, 7) is 5.47. The predicted molar refractivity (Wildman–Crippen MR) is 494 cm³/mol. The number of H-pyrrole nitrogens is 1. The molecule has 2 fully saturated rings. The minimum absolute atomic E-state index is 0.113. The van der Waals surface area contributed by atoms with Crippen molar-refractivity contribution in [2.75, 3.05) is 101 Å². The number of imidazole rings is 1. The maximum Gasteiger partial charge on any atom is 0.251 e. The number of anilines is 8. The molecule has 1 saturated heterocycles. The number of aromatic amines is 1. The lowest BCUT2D eigenvalue weighted by atomic mass is 10.1. The van der Waals surface area contributed by atoms with Crippen LogP contribution in [0.15, 0.2) is 232 Å². The molecule has 17 aromatic rings. The molecule has 1 unspecified atom stereocenters. The number of nitrogens with one attached hydrogen (secondary N) is 2. The van der Waals surface area contributed by atoms with Crippen molar-refractivity contribution in [1.29, 1.82) is 5.26 Å². The fourth-order valence-corrected chi connectivity index (χ4v) is 15.4. The zero-order chi connectivity index (χ0) is 90.5. The Morgan fingerprint density at radius 1 is 0.469 bits per heavy atom. The van der Waals surface area contributed by atoms with E-state index in [4.69, 9.17) is 44.6 Å². The van der Waals surface area contributed by atoms with Gasteiger partial charge in [-0.25, -0.2) is 38.1 Å². The number of amides is 1. The van der Waals surface area contributed by atoms with Crippen molar-refractivity contribution in [3.05, 3.63) is 261 Å². The van der Waals surface area contributed by atoms with Crippen LogP contribution < -0.4 is 49.6 Å². The Kier molecular flexibility index (Phi) is 26.9. The Balaban J connectivity index is 0.000000127. The van der Waals surface area contributed by atoms with E-state index in [0.29, 0.717) is 77.7 Å². The van der Waals surface area contributed by atoms with Crippen LogP contribution >= 0.6 is 0 Å². The largest absolute Gasteiger partial charge is 0.497 e. The molecule has 1 saturated carbocycles. The van der Waals surface area contributed by atoms with Gasteiger partial charge in [0.1, 0.15) is 46.3 Å². The molecule has 1 atom stereocenters. The third-order valence-corrected chi connectivity index (χ3v) is 22.2. The number of rotatable bonds is 27. The Morgan fingerprint density at radius 3 is 1.23 bits per heavy atom. The molecule has 1 amide bonds. The normalized spacial score (nSPS) is 12.9. The van der Waals surface area contributed by atoms with Gasteiger partial charge in [-0.2, -0.15) is 25.7 Å². The maximum atomic E-state index is 14.5. The monoisotopic (exact) mass is 1750 g/mol.